The Labute approximate surface area is 92.3 Å². The first-order valence-electron chi connectivity index (χ1n) is 5.92. The summed E-state index contributed by atoms with van der Waals surface area (Å²) in [7, 11) is 0. The number of piperidine rings is 1. The smallest absolute Gasteiger partial charge is 0.0447 e. The summed E-state index contributed by atoms with van der Waals surface area (Å²) in [5, 5.41) is 0. The zero-order chi connectivity index (χ0) is 10.7. The topological polar surface area (TPSA) is 16.1 Å². The molecule has 82 valence electrons. The standard InChI is InChI=1S/C13H20N2/c1-11(2)15-9-5-6-12(10-15)13-7-3-4-8-14-13/h3-4,7-8,11-12H,5-6,9-10H2,1-2H3/t12-/m1/s1. The zero-order valence-electron chi connectivity index (χ0n) is 9.69. The van der Waals surface area contributed by atoms with E-state index < -0.39 is 0 Å². The van der Waals surface area contributed by atoms with Gasteiger partial charge in [-0.1, -0.05) is 6.07 Å². The highest BCUT2D eigenvalue weighted by atomic mass is 15.2. The number of likely N-dealkylation sites (tertiary alicyclic amines) is 1. The fourth-order valence-corrected chi connectivity index (χ4v) is 2.33. The van der Waals surface area contributed by atoms with Gasteiger partial charge in [0.05, 0.1) is 0 Å². The molecule has 0 radical (unpaired) electrons. The highest BCUT2D eigenvalue weighted by Crippen LogP contribution is 2.26. The van der Waals surface area contributed by atoms with Crippen LogP contribution < -0.4 is 0 Å². The van der Waals surface area contributed by atoms with Gasteiger partial charge in [-0.3, -0.25) is 4.98 Å². The monoisotopic (exact) mass is 204 g/mol. The quantitative estimate of drug-likeness (QED) is 0.736. The average molecular weight is 204 g/mol. The predicted molar refractivity (Wildman–Crippen MR) is 62.9 cm³/mol. The molecule has 1 saturated heterocycles. The summed E-state index contributed by atoms with van der Waals surface area (Å²) < 4.78 is 0. The van der Waals surface area contributed by atoms with Crippen molar-refractivity contribution >= 4 is 0 Å². The number of nitrogens with zero attached hydrogens (tertiary/aromatic N) is 2. The molecular weight excluding hydrogens is 184 g/mol. The molecule has 0 amide bonds. The van der Waals surface area contributed by atoms with E-state index in [0.717, 1.165) is 0 Å². The van der Waals surface area contributed by atoms with Crippen molar-refractivity contribution in [2.45, 2.75) is 38.6 Å². The molecule has 1 aromatic heterocycles. The molecule has 0 bridgehead atoms. The second-order valence-electron chi connectivity index (χ2n) is 4.68. The van der Waals surface area contributed by atoms with Gasteiger partial charge in [0.15, 0.2) is 0 Å². The van der Waals surface area contributed by atoms with E-state index in [4.69, 9.17) is 0 Å². The molecule has 1 atom stereocenters. The maximum Gasteiger partial charge on any atom is 0.0447 e. The van der Waals surface area contributed by atoms with Crippen molar-refractivity contribution < 1.29 is 0 Å². The maximum atomic E-state index is 4.47. The van der Waals surface area contributed by atoms with Gasteiger partial charge in [-0.25, -0.2) is 0 Å². The van der Waals surface area contributed by atoms with Crippen LogP contribution in [0.25, 0.3) is 0 Å². The van der Waals surface area contributed by atoms with E-state index in [2.05, 4.69) is 35.9 Å². The van der Waals surface area contributed by atoms with Crippen molar-refractivity contribution in [2.24, 2.45) is 0 Å². The van der Waals surface area contributed by atoms with Crippen LogP contribution in [0.15, 0.2) is 24.4 Å². The molecule has 0 unspecified atom stereocenters. The normalized spacial score (nSPS) is 23.3. The minimum absolute atomic E-state index is 0.641. The molecule has 0 aromatic carbocycles. The average Bonchev–Trinajstić information content (AvgIpc) is 2.30. The fourth-order valence-electron chi connectivity index (χ4n) is 2.33. The maximum absolute atomic E-state index is 4.47. The van der Waals surface area contributed by atoms with Crippen LogP contribution in [0.3, 0.4) is 0 Å². The minimum atomic E-state index is 0.641. The summed E-state index contributed by atoms with van der Waals surface area (Å²) >= 11 is 0. The Balaban J connectivity index is 2.05. The van der Waals surface area contributed by atoms with Gasteiger partial charge >= 0.3 is 0 Å². The van der Waals surface area contributed by atoms with Crippen molar-refractivity contribution in [3.8, 4) is 0 Å². The Bertz CT molecular complexity index is 295. The second-order valence-corrected chi connectivity index (χ2v) is 4.68. The van der Waals surface area contributed by atoms with E-state index in [1.807, 2.05) is 12.3 Å². The van der Waals surface area contributed by atoms with Crippen molar-refractivity contribution in [1.29, 1.82) is 0 Å². The van der Waals surface area contributed by atoms with Crippen LogP contribution in [0.5, 0.6) is 0 Å². The predicted octanol–water partition coefficient (Wildman–Crippen LogP) is 2.67. The molecule has 15 heavy (non-hydrogen) atoms. The molecule has 2 heterocycles. The number of pyridine rings is 1. The summed E-state index contributed by atoms with van der Waals surface area (Å²) in [6.45, 7) is 6.98. The van der Waals surface area contributed by atoms with Gasteiger partial charge in [-0.2, -0.15) is 0 Å². The lowest BCUT2D eigenvalue weighted by Crippen LogP contribution is -2.39. The molecule has 0 saturated carbocycles. The summed E-state index contributed by atoms with van der Waals surface area (Å²) in [6, 6.07) is 6.91. The Morgan fingerprint density at radius 1 is 1.40 bits per heavy atom. The van der Waals surface area contributed by atoms with Gasteiger partial charge in [0, 0.05) is 30.4 Å². The highest BCUT2D eigenvalue weighted by Gasteiger charge is 2.23. The Morgan fingerprint density at radius 2 is 2.27 bits per heavy atom. The number of hydrogen-bond donors (Lipinski definition) is 0. The van der Waals surface area contributed by atoms with E-state index in [9.17, 15) is 0 Å². The van der Waals surface area contributed by atoms with Crippen molar-refractivity contribution in [3.05, 3.63) is 30.1 Å². The Kier molecular flexibility index (Phi) is 3.37. The summed E-state index contributed by atoms with van der Waals surface area (Å²) in [6.07, 6.45) is 4.50. The van der Waals surface area contributed by atoms with Crippen molar-refractivity contribution in [3.63, 3.8) is 0 Å². The van der Waals surface area contributed by atoms with Crippen LogP contribution in [-0.4, -0.2) is 29.0 Å². The molecule has 0 aliphatic carbocycles. The van der Waals surface area contributed by atoms with Gasteiger partial charge in [0.25, 0.3) is 0 Å². The first-order chi connectivity index (χ1) is 7.27. The summed E-state index contributed by atoms with van der Waals surface area (Å²) in [4.78, 5) is 7.03. The fraction of sp³-hybridized carbons (Fsp3) is 0.615. The number of rotatable bonds is 2. The SMILES string of the molecule is CC(C)N1CCC[C@@H](c2ccccn2)C1. The van der Waals surface area contributed by atoms with Crippen LogP contribution in [0, 0.1) is 0 Å². The molecule has 0 N–H and O–H groups in total. The lowest BCUT2D eigenvalue weighted by Gasteiger charge is -2.35. The molecule has 1 aliphatic heterocycles. The van der Waals surface area contributed by atoms with Crippen LogP contribution in [0.4, 0.5) is 0 Å². The summed E-state index contributed by atoms with van der Waals surface area (Å²) in [5.41, 5.74) is 1.27. The largest absolute Gasteiger partial charge is 0.300 e. The van der Waals surface area contributed by atoms with E-state index in [0.29, 0.717) is 12.0 Å². The molecule has 2 heteroatoms. The molecule has 1 aromatic rings. The van der Waals surface area contributed by atoms with E-state index >= 15 is 0 Å². The molecule has 2 nitrogen and oxygen atoms in total. The highest BCUT2D eigenvalue weighted by molar-refractivity contribution is 5.10. The second kappa shape index (κ2) is 4.75. The first kappa shape index (κ1) is 10.6. The number of hydrogen-bond acceptors (Lipinski definition) is 2. The van der Waals surface area contributed by atoms with Crippen molar-refractivity contribution in [2.75, 3.05) is 13.1 Å². The van der Waals surface area contributed by atoms with E-state index in [1.165, 1.54) is 31.6 Å². The molecule has 1 aliphatic rings. The Morgan fingerprint density at radius 3 is 2.93 bits per heavy atom. The lowest BCUT2D eigenvalue weighted by molar-refractivity contribution is 0.166. The van der Waals surface area contributed by atoms with Crippen LogP contribution >= 0.6 is 0 Å². The Hall–Kier alpha value is -0.890. The lowest BCUT2D eigenvalue weighted by atomic mass is 9.93. The first-order valence-corrected chi connectivity index (χ1v) is 5.92. The molecule has 0 spiro atoms. The molecular formula is C13H20N2. The zero-order valence-corrected chi connectivity index (χ0v) is 9.69. The molecule has 2 rings (SSSR count). The summed E-state index contributed by atoms with van der Waals surface area (Å²) in [5.74, 6) is 0.641. The van der Waals surface area contributed by atoms with Crippen molar-refractivity contribution in [1.82, 2.24) is 9.88 Å². The van der Waals surface area contributed by atoms with Gasteiger partial charge in [-0.15, -0.1) is 0 Å². The van der Waals surface area contributed by atoms with Crippen LogP contribution in [0.1, 0.15) is 38.3 Å². The third-order valence-corrected chi connectivity index (χ3v) is 3.29. The van der Waals surface area contributed by atoms with E-state index in [-0.39, 0.29) is 0 Å². The van der Waals surface area contributed by atoms with Gasteiger partial charge in [0.2, 0.25) is 0 Å². The third kappa shape index (κ3) is 2.57. The van der Waals surface area contributed by atoms with Crippen LogP contribution in [0.2, 0.25) is 0 Å². The third-order valence-electron chi connectivity index (χ3n) is 3.29. The molecule has 1 fully saturated rings. The van der Waals surface area contributed by atoms with Gasteiger partial charge in [0.1, 0.15) is 0 Å². The van der Waals surface area contributed by atoms with E-state index in [1.54, 1.807) is 0 Å². The minimum Gasteiger partial charge on any atom is -0.300 e. The van der Waals surface area contributed by atoms with Crippen LogP contribution in [-0.2, 0) is 0 Å². The van der Waals surface area contributed by atoms with Gasteiger partial charge in [-0.05, 0) is 45.4 Å². The number of aromatic nitrogens is 1. The van der Waals surface area contributed by atoms with Gasteiger partial charge < -0.3 is 4.90 Å².